The van der Waals surface area contributed by atoms with E-state index in [1.165, 1.54) is 35.3 Å². The van der Waals surface area contributed by atoms with Crippen LogP contribution in [0.1, 0.15) is 10.4 Å². The van der Waals surface area contributed by atoms with E-state index in [1.807, 2.05) is 0 Å². The number of anilines is 1. The molecule has 2 aromatic rings. The van der Waals surface area contributed by atoms with Crippen molar-refractivity contribution >= 4 is 17.7 Å². The van der Waals surface area contributed by atoms with Crippen molar-refractivity contribution in [2.24, 2.45) is 0 Å². The summed E-state index contributed by atoms with van der Waals surface area (Å²) in [6.07, 6.45) is -1.93. The van der Waals surface area contributed by atoms with Gasteiger partial charge in [-0.2, -0.15) is 13.2 Å². The molecule has 0 bridgehead atoms. The second kappa shape index (κ2) is 7.02. The fraction of sp³-hybridized carbons (Fsp3) is 0.214. The summed E-state index contributed by atoms with van der Waals surface area (Å²) in [7, 11) is 0. The Kier molecular flexibility index (Phi) is 5.07. The molecule has 10 heteroatoms. The number of rotatable bonds is 6. The molecule has 128 valence electrons. The number of ether oxygens (including phenoxy) is 1. The molecule has 7 nitrogen and oxygen atoms in total. The number of aliphatic carboxylic acids is 1. The summed E-state index contributed by atoms with van der Waals surface area (Å²) in [6.45, 7) is -1.78. The maximum Gasteiger partial charge on any atom is 0.422 e. The van der Waals surface area contributed by atoms with Crippen LogP contribution in [0.2, 0.25) is 0 Å². The molecule has 0 aliphatic carbocycles. The lowest BCUT2D eigenvalue weighted by atomic mass is 10.2. The molecule has 0 spiro atoms. The Morgan fingerprint density at radius 3 is 2.75 bits per heavy atom. The van der Waals surface area contributed by atoms with Crippen molar-refractivity contribution < 1.29 is 32.6 Å². The minimum Gasteiger partial charge on any atom is -0.484 e. The molecule has 1 aromatic carbocycles. The third-order valence-electron chi connectivity index (χ3n) is 2.69. The van der Waals surface area contributed by atoms with Crippen LogP contribution in [0.25, 0.3) is 0 Å². The SMILES string of the molecule is O=C(O)Cn1cnc(NC(=O)c2cccc(OCC(F)(F)F)c2)c1. The molecule has 0 atom stereocenters. The highest BCUT2D eigenvalue weighted by atomic mass is 19.4. The summed E-state index contributed by atoms with van der Waals surface area (Å²) >= 11 is 0. The highest BCUT2D eigenvalue weighted by molar-refractivity contribution is 6.03. The van der Waals surface area contributed by atoms with E-state index in [2.05, 4.69) is 15.0 Å². The summed E-state index contributed by atoms with van der Waals surface area (Å²) in [5.74, 6) is -1.67. The van der Waals surface area contributed by atoms with Crippen LogP contribution < -0.4 is 10.1 Å². The maximum atomic E-state index is 12.1. The zero-order valence-corrected chi connectivity index (χ0v) is 12.1. The van der Waals surface area contributed by atoms with Crippen molar-refractivity contribution in [2.45, 2.75) is 12.7 Å². The van der Waals surface area contributed by atoms with Crippen molar-refractivity contribution in [1.29, 1.82) is 0 Å². The second-order valence-electron chi connectivity index (χ2n) is 4.71. The van der Waals surface area contributed by atoms with Crippen LogP contribution in [0.5, 0.6) is 5.75 Å². The average Bonchev–Trinajstić information content (AvgIpc) is 2.91. The number of hydrogen-bond acceptors (Lipinski definition) is 4. The van der Waals surface area contributed by atoms with E-state index in [9.17, 15) is 22.8 Å². The summed E-state index contributed by atoms with van der Waals surface area (Å²) in [4.78, 5) is 26.4. The molecule has 2 rings (SSSR count). The Morgan fingerprint density at radius 1 is 1.33 bits per heavy atom. The minimum atomic E-state index is -4.48. The number of benzene rings is 1. The Labute approximate surface area is 133 Å². The summed E-state index contributed by atoms with van der Waals surface area (Å²) in [6, 6.07) is 5.23. The van der Waals surface area contributed by atoms with Crippen molar-refractivity contribution in [3.8, 4) is 5.75 Å². The van der Waals surface area contributed by atoms with Gasteiger partial charge in [0.25, 0.3) is 5.91 Å². The first-order valence-corrected chi connectivity index (χ1v) is 6.57. The number of imidazole rings is 1. The van der Waals surface area contributed by atoms with Crippen LogP contribution >= 0.6 is 0 Å². The lowest BCUT2D eigenvalue weighted by Crippen LogP contribution is -2.19. The minimum absolute atomic E-state index is 0.0717. The molecule has 1 aromatic heterocycles. The second-order valence-corrected chi connectivity index (χ2v) is 4.71. The van der Waals surface area contributed by atoms with Crippen molar-refractivity contribution in [3.63, 3.8) is 0 Å². The number of carbonyl (C=O) groups is 2. The molecule has 0 fully saturated rings. The fourth-order valence-corrected chi connectivity index (χ4v) is 1.75. The van der Waals surface area contributed by atoms with Gasteiger partial charge in [-0.3, -0.25) is 9.59 Å². The van der Waals surface area contributed by atoms with Crippen molar-refractivity contribution in [3.05, 3.63) is 42.4 Å². The van der Waals surface area contributed by atoms with E-state index in [0.29, 0.717) is 0 Å². The Bertz CT molecular complexity index is 743. The number of nitrogens with zero attached hydrogens (tertiary/aromatic N) is 2. The van der Waals surface area contributed by atoms with Gasteiger partial charge in [0.1, 0.15) is 12.3 Å². The number of carboxylic acids is 1. The molecule has 24 heavy (non-hydrogen) atoms. The first-order chi connectivity index (χ1) is 11.2. The molecule has 0 saturated carbocycles. The first-order valence-electron chi connectivity index (χ1n) is 6.57. The first kappa shape index (κ1) is 17.3. The predicted molar refractivity (Wildman–Crippen MR) is 75.8 cm³/mol. The number of carbonyl (C=O) groups excluding carboxylic acids is 1. The van der Waals surface area contributed by atoms with Gasteiger partial charge in [-0.15, -0.1) is 0 Å². The van der Waals surface area contributed by atoms with Crippen LogP contribution in [0.4, 0.5) is 19.0 Å². The van der Waals surface area contributed by atoms with Crippen LogP contribution in [-0.2, 0) is 11.3 Å². The molecule has 1 amide bonds. The quantitative estimate of drug-likeness (QED) is 0.838. The number of aromatic nitrogens is 2. The molecule has 0 aliphatic heterocycles. The van der Waals surface area contributed by atoms with Gasteiger partial charge in [0.15, 0.2) is 12.4 Å². The Balaban J connectivity index is 2.01. The van der Waals surface area contributed by atoms with Gasteiger partial charge in [-0.1, -0.05) is 6.07 Å². The highest BCUT2D eigenvalue weighted by Gasteiger charge is 2.28. The fourth-order valence-electron chi connectivity index (χ4n) is 1.75. The third-order valence-corrected chi connectivity index (χ3v) is 2.69. The van der Waals surface area contributed by atoms with Gasteiger partial charge in [0.2, 0.25) is 0 Å². The molecule has 0 aliphatic rings. The normalized spacial score (nSPS) is 11.1. The van der Waals surface area contributed by atoms with E-state index in [1.54, 1.807) is 0 Å². The standard InChI is InChI=1S/C14H12F3N3O4/c15-14(16,17)7-24-10-3-1-2-9(4-10)13(23)19-11-5-20(8-18-11)6-12(21)22/h1-5,8H,6-7H2,(H,19,23)(H,21,22). The number of amides is 1. The number of nitrogens with one attached hydrogen (secondary N) is 1. The van der Waals surface area contributed by atoms with Crippen LogP contribution in [-0.4, -0.2) is 39.3 Å². The monoisotopic (exact) mass is 343 g/mol. The highest BCUT2D eigenvalue weighted by Crippen LogP contribution is 2.19. The van der Waals surface area contributed by atoms with Gasteiger partial charge in [0, 0.05) is 11.8 Å². The molecule has 2 N–H and O–H groups in total. The van der Waals surface area contributed by atoms with E-state index >= 15 is 0 Å². The lowest BCUT2D eigenvalue weighted by molar-refractivity contribution is -0.153. The molecular weight excluding hydrogens is 331 g/mol. The van der Waals surface area contributed by atoms with Crippen LogP contribution in [0.3, 0.4) is 0 Å². The van der Waals surface area contributed by atoms with Gasteiger partial charge in [-0.05, 0) is 18.2 Å². The zero-order chi connectivity index (χ0) is 17.7. The number of halogens is 3. The van der Waals surface area contributed by atoms with E-state index < -0.39 is 24.7 Å². The van der Waals surface area contributed by atoms with E-state index in [-0.39, 0.29) is 23.7 Å². The lowest BCUT2D eigenvalue weighted by Gasteiger charge is -2.10. The smallest absolute Gasteiger partial charge is 0.422 e. The van der Waals surface area contributed by atoms with Gasteiger partial charge >= 0.3 is 12.1 Å². The van der Waals surface area contributed by atoms with E-state index in [0.717, 1.165) is 6.07 Å². The topological polar surface area (TPSA) is 93.5 Å². The molecule has 1 heterocycles. The number of hydrogen-bond donors (Lipinski definition) is 2. The third kappa shape index (κ3) is 5.30. The van der Waals surface area contributed by atoms with Crippen molar-refractivity contribution in [2.75, 3.05) is 11.9 Å². The van der Waals surface area contributed by atoms with Gasteiger partial charge in [0.05, 0.1) is 6.33 Å². The zero-order valence-electron chi connectivity index (χ0n) is 12.1. The average molecular weight is 343 g/mol. The largest absolute Gasteiger partial charge is 0.484 e. The predicted octanol–water partition coefficient (Wildman–Crippen LogP) is 2.16. The summed E-state index contributed by atoms with van der Waals surface area (Å²) < 4.78 is 42.2. The van der Waals surface area contributed by atoms with E-state index in [4.69, 9.17) is 5.11 Å². The van der Waals surface area contributed by atoms with Crippen molar-refractivity contribution in [1.82, 2.24) is 9.55 Å². The molecule has 0 radical (unpaired) electrons. The summed E-state index contributed by atoms with van der Waals surface area (Å²) in [5, 5.41) is 11.1. The maximum absolute atomic E-state index is 12.1. The van der Waals surface area contributed by atoms with Crippen LogP contribution in [0.15, 0.2) is 36.8 Å². The number of alkyl halides is 3. The molecule has 0 unspecified atom stereocenters. The molecule has 0 saturated heterocycles. The van der Waals surface area contributed by atoms with Gasteiger partial charge < -0.3 is 19.7 Å². The Morgan fingerprint density at radius 2 is 2.08 bits per heavy atom. The van der Waals surface area contributed by atoms with Gasteiger partial charge in [-0.25, -0.2) is 4.98 Å². The molecular formula is C14H12F3N3O4. The summed E-state index contributed by atoms with van der Waals surface area (Å²) in [5.41, 5.74) is 0.0717. The Hall–Kier alpha value is -3.04. The number of carboxylic acid groups (broad SMARTS) is 1. The van der Waals surface area contributed by atoms with Crippen LogP contribution in [0, 0.1) is 0 Å².